The first-order chi connectivity index (χ1) is 20.9. The Hall–Kier alpha value is -4.14. The molecule has 44 heavy (non-hydrogen) atoms. The van der Waals surface area contributed by atoms with Gasteiger partial charge in [0.2, 0.25) is 0 Å². The predicted octanol–water partition coefficient (Wildman–Crippen LogP) is 4.79. The highest BCUT2D eigenvalue weighted by atomic mass is 32.2. The molecular weight excluding hydrogens is 604 g/mol. The highest BCUT2D eigenvalue weighted by molar-refractivity contribution is 7.93. The third-order valence-corrected chi connectivity index (χ3v) is 10.4. The number of benzene rings is 2. The summed E-state index contributed by atoms with van der Waals surface area (Å²) in [6.07, 6.45) is 7.05. The van der Waals surface area contributed by atoms with Crippen molar-refractivity contribution in [2.24, 2.45) is 14.1 Å². The van der Waals surface area contributed by atoms with E-state index in [2.05, 4.69) is 19.4 Å². The van der Waals surface area contributed by atoms with Crippen LogP contribution in [0.5, 0.6) is 0 Å². The van der Waals surface area contributed by atoms with Gasteiger partial charge in [0.1, 0.15) is 5.60 Å². The monoisotopic (exact) mass is 640 g/mol. The number of aromatic nitrogens is 4. The van der Waals surface area contributed by atoms with E-state index in [1.54, 1.807) is 59.6 Å². The van der Waals surface area contributed by atoms with Crippen molar-refractivity contribution in [2.45, 2.75) is 54.7 Å². The smallest absolute Gasteiger partial charge is 0.280 e. The van der Waals surface area contributed by atoms with Crippen molar-refractivity contribution in [1.82, 2.24) is 19.1 Å². The Morgan fingerprint density at radius 1 is 0.909 bits per heavy atom. The molecule has 4 aromatic rings. The minimum atomic E-state index is -3.89. The predicted molar refractivity (Wildman–Crippen MR) is 166 cm³/mol. The van der Waals surface area contributed by atoms with Crippen LogP contribution in [0.2, 0.25) is 0 Å². The van der Waals surface area contributed by atoms with Crippen LogP contribution in [-0.2, 0) is 44.5 Å². The van der Waals surface area contributed by atoms with Gasteiger partial charge in [0.25, 0.3) is 20.0 Å². The van der Waals surface area contributed by atoms with Crippen molar-refractivity contribution in [3.05, 3.63) is 96.0 Å². The molecule has 2 aromatic heterocycles. The molecule has 2 atom stereocenters. The van der Waals surface area contributed by atoms with Gasteiger partial charge in [0.05, 0.1) is 25.0 Å². The summed E-state index contributed by atoms with van der Waals surface area (Å²) in [6, 6.07) is 14.1. The molecule has 2 unspecified atom stereocenters. The molecule has 1 aliphatic rings. The van der Waals surface area contributed by atoms with Crippen molar-refractivity contribution in [2.75, 3.05) is 16.1 Å². The number of nitrogens with zero attached hydrogens (tertiary/aromatic N) is 4. The average Bonchev–Trinajstić information content (AvgIpc) is 3.63. The molecule has 0 saturated carbocycles. The summed E-state index contributed by atoms with van der Waals surface area (Å²) in [6.45, 7) is 4.10. The maximum absolute atomic E-state index is 12.9. The van der Waals surface area contributed by atoms with Crippen LogP contribution in [0, 0.1) is 0 Å². The second-order valence-corrected chi connectivity index (χ2v) is 14.2. The van der Waals surface area contributed by atoms with Gasteiger partial charge in [-0.25, -0.2) is 9.97 Å². The third-order valence-electron chi connectivity index (χ3n) is 7.82. The van der Waals surface area contributed by atoms with Gasteiger partial charge in [-0.3, -0.25) is 9.44 Å². The van der Waals surface area contributed by atoms with Crippen molar-refractivity contribution < 1.29 is 26.7 Å². The van der Waals surface area contributed by atoms with Gasteiger partial charge in [0, 0.05) is 55.8 Å². The quantitative estimate of drug-likeness (QED) is 0.211. The van der Waals surface area contributed by atoms with Gasteiger partial charge in [-0.05, 0) is 48.2 Å². The molecule has 0 fully saturated rings. The van der Waals surface area contributed by atoms with E-state index in [4.69, 9.17) is 4.74 Å². The van der Waals surface area contributed by atoms with Crippen LogP contribution < -0.4 is 9.44 Å². The summed E-state index contributed by atoms with van der Waals surface area (Å²) in [5.41, 5.74) is 2.14. The van der Waals surface area contributed by atoms with Crippen LogP contribution in [0.1, 0.15) is 50.2 Å². The van der Waals surface area contributed by atoms with Crippen molar-refractivity contribution in [1.29, 1.82) is 0 Å². The number of anilines is 2. The minimum Gasteiger partial charge on any atom is -0.512 e. The third kappa shape index (κ3) is 6.37. The lowest BCUT2D eigenvalue weighted by atomic mass is 9.80. The number of nitrogens with one attached hydrogen (secondary N) is 2. The van der Waals surface area contributed by atoms with E-state index in [1.807, 2.05) is 26.0 Å². The Morgan fingerprint density at radius 3 is 1.98 bits per heavy atom. The minimum absolute atomic E-state index is 0.0806. The maximum atomic E-state index is 12.9. The summed E-state index contributed by atoms with van der Waals surface area (Å²) >= 11 is 0. The molecule has 5 rings (SSSR count). The Morgan fingerprint density at radius 2 is 1.48 bits per heavy atom. The van der Waals surface area contributed by atoms with E-state index in [-0.39, 0.29) is 34.8 Å². The molecule has 3 heterocycles. The van der Waals surface area contributed by atoms with Gasteiger partial charge in [-0.15, -0.1) is 0 Å². The first-order valence-electron chi connectivity index (χ1n) is 14.1. The molecule has 234 valence electrons. The lowest BCUT2D eigenvalue weighted by Gasteiger charge is -2.39. The number of aryl methyl sites for hydroxylation is 2. The number of hydrogen-bond donors (Lipinski definition) is 3. The Bertz CT molecular complexity index is 1910. The zero-order valence-electron chi connectivity index (χ0n) is 24.9. The Balaban J connectivity index is 1.38. The van der Waals surface area contributed by atoms with Crippen LogP contribution in [0.4, 0.5) is 11.4 Å². The van der Waals surface area contributed by atoms with E-state index in [0.29, 0.717) is 29.8 Å². The van der Waals surface area contributed by atoms with Crippen LogP contribution in [-0.4, -0.2) is 47.7 Å². The highest BCUT2D eigenvalue weighted by Gasteiger charge is 2.39. The Labute approximate surface area is 257 Å². The fraction of sp³-hybridized carbons (Fsp3) is 0.333. The first kappa shape index (κ1) is 31.3. The number of ether oxygens (including phenoxy) is 1. The largest absolute Gasteiger partial charge is 0.512 e. The van der Waals surface area contributed by atoms with Gasteiger partial charge < -0.3 is 19.0 Å². The van der Waals surface area contributed by atoms with Crippen LogP contribution in [0.25, 0.3) is 0 Å². The van der Waals surface area contributed by atoms with Gasteiger partial charge in [0.15, 0.2) is 10.1 Å². The lowest BCUT2D eigenvalue weighted by Crippen LogP contribution is -2.35. The second kappa shape index (κ2) is 12.1. The molecule has 3 N–H and O–H groups in total. The normalized spacial score (nSPS) is 18.3. The zero-order valence-corrected chi connectivity index (χ0v) is 26.6. The number of imidazole rings is 2. The van der Waals surface area contributed by atoms with Crippen LogP contribution >= 0.6 is 0 Å². The highest BCUT2D eigenvalue weighted by Crippen LogP contribution is 2.44. The molecule has 0 spiro atoms. The van der Waals surface area contributed by atoms with Gasteiger partial charge >= 0.3 is 0 Å². The van der Waals surface area contributed by atoms with Crippen LogP contribution in [0.3, 0.4) is 0 Å². The SMILES string of the molecule is CCC(C1=C(O)CC(CC)(c2cccc(NS(=O)(=O)c3cn(C)cn3)c2)OC1)c1cccc(NS(=O)(=O)c2cn(C)cn2)c1. The second-order valence-electron chi connectivity index (χ2n) is 10.9. The molecule has 0 saturated heterocycles. The summed E-state index contributed by atoms with van der Waals surface area (Å²) in [4.78, 5) is 7.89. The summed E-state index contributed by atoms with van der Waals surface area (Å²) in [5.74, 6) is -0.0236. The first-order valence-corrected chi connectivity index (χ1v) is 17.1. The molecule has 0 amide bonds. The van der Waals surface area contributed by atoms with Crippen molar-refractivity contribution in [3.63, 3.8) is 0 Å². The summed E-state index contributed by atoms with van der Waals surface area (Å²) in [5, 5.41) is 11.3. The topological polar surface area (TPSA) is 157 Å². The summed E-state index contributed by atoms with van der Waals surface area (Å²) < 4.78 is 66.2. The van der Waals surface area contributed by atoms with Crippen molar-refractivity contribution in [3.8, 4) is 0 Å². The molecular formula is C30H36N6O6S2. The van der Waals surface area contributed by atoms with Gasteiger partial charge in [-0.2, -0.15) is 16.8 Å². The molecule has 0 radical (unpaired) electrons. The number of rotatable bonds is 11. The molecule has 1 aliphatic heterocycles. The molecule has 12 nitrogen and oxygen atoms in total. The average molecular weight is 641 g/mol. The van der Waals surface area contributed by atoms with E-state index in [0.717, 1.165) is 11.1 Å². The van der Waals surface area contributed by atoms with E-state index >= 15 is 0 Å². The zero-order chi connectivity index (χ0) is 31.7. The number of hydrogen-bond acceptors (Lipinski definition) is 8. The molecule has 14 heteroatoms. The fourth-order valence-corrected chi connectivity index (χ4v) is 7.56. The van der Waals surface area contributed by atoms with E-state index < -0.39 is 25.6 Å². The van der Waals surface area contributed by atoms with Gasteiger partial charge in [-0.1, -0.05) is 38.1 Å². The molecule has 0 aliphatic carbocycles. The summed E-state index contributed by atoms with van der Waals surface area (Å²) in [7, 11) is -4.38. The lowest BCUT2D eigenvalue weighted by molar-refractivity contribution is -0.0643. The fourth-order valence-electron chi connectivity index (χ4n) is 5.49. The standard InChI is InChI=1S/C30H36N6O6S2/c1-5-25(21-9-7-11-23(13-21)33-43(38,39)28-16-35(3)19-31-28)26-18-42-30(6-2,15-27(26)37)22-10-8-12-24(14-22)34-44(40,41)29-17-36(4)20-32-29/h7-14,16-17,19-20,25,33-34,37H,5-6,15,18H2,1-4H3. The van der Waals surface area contributed by atoms with Crippen molar-refractivity contribution >= 4 is 31.4 Å². The van der Waals surface area contributed by atoms with Crippen LogP contribution in [0.15, 0.2) is 95.0 Å². The van der Waals surface area contributed by atoms with E-state index in [1.165, 1.54) is 25.0 Å². The number of aliphatic hydroxyl groups excluding tert-OH is 1. The Kier molecular flexibility index (Phi) is 8.60. The number of sulfonamides is 2. The molecule has 0 bridgehead atoms. The maximum Gasteiger partial charge on any atom is 0.280 e. The molecule has 2 aromatic carbocycles. The van der Waals surface area contributed by atoms with E-state index in [9.17, 15) is 21.9 Å². The number of aliphatic hydroxyl groups is 1.